The molecular formula is C9H14N2O3. The number of nitriles is 2. The number of hydrogen-bond donors (Lipinski definition) is 1. The van der Waals surface area contributed by atoms with Gasteiger partial charge in [0.2, 0.25) is 0 Å². The van der Waals surface area contributed by atoms with E-state index in [0.717, 1.165) is 0 Å². The van der Waals surface area contributed by atoms with Crippen LogP contribution in [-0.4, -0.2) is 37.6 Å². The number of ether oxygens (including phenoxy) is 2. The lowest BCUT2D eigenvalue weighted by Gasteiger charge is -2.13. The smallest absolute Gasteiger partial charge is 0.104 e. The number of rotatable bonds is 8. The molecule has 0 aromatic carbocycles. The first-order valence-electron chi connectivity index (χ1n) is 4.39. The van der Waals surface area contributed by atoms with Crippen molar-refractivity contribution in [3.05, 3.63) is 0 Å². The molecule has 0 amide bonds. The third-order valence-corrected chi connectivity index (χ3v) is 1.43. The lowest BCUT2D eigenvalue weighted by Crippen LogP contribution is -2.24. The Bertz CT molecular complexity index is 207. The first kappa shape index (κ1) is 12.9. The van der Waals surface area contributed by atoms with Crippen molar-refractivity contribution in [2.75, 3.05) is 26.4 Å². The van der Waals surface area contributed by atoms with Gasteiger partial charge in [-0.3, -0.25) is 0 Å². The van der Waals surface area contributed by atoms with Crippen LogP contribution in [0.4, 0.5) is 0 Å². The molecule has 0 bridgehead atoms. The predicted octanol–water partition coefficient (Wildman–Crippen LogP) is 0.208. The van der Waals surface area contributed by atoms with Gasteiger partial charge in [-0.1, -0.05) is 0 Å². The number of aliphatic hydroxyl groups excluding tert-OH is 1. The Balaban J connectivity index is 3.40. The van der Waals surface area contributed by atoms with Crippen molar-refractivity contribution in [2.24, 2.45) is 0 Å². The Morgan fingerprint density at radius 3 is 2.36 bits per heavy atom. The van der Waals surface area contributed by atoms with Crippen LogP contribution < -0.4 is 0 Å². The van der Waals surface area contributed by atoms with Crippen molar-refractivity contribution >= 4 is 0 Å². The SMILES string of the molecule is N#CCCOCC(CO)OCCC#N. The van der Waals surface area contributed by atoms with E-state index in [2.05, 4.69) is 0 Å². The largest absolute Gasteiger partial charge is 0.394 e. The summed E-state index contributed by atoms with van der Waals surface area (Å²) in [6.45, 7) is 0.750. The zero-order valence-electron chi connectivity index (χ0n) is 7.98. The summed E-state index contributed by atoms with van der Waals surface area (Å²) in [6.07, 6.45) is 0.229. The van der Waals surface area contributed by atoms with Gasteiger partial charge < -0.3 is 14.6 Å². The molecule has 0 fully saturated rings. The quantitative estimate of drug-likeness (QED) is 0.563. The Morgan fingerprint density at radius 2 is 1.79 bits per heavy atom. The molecule has 1 atom stereocenters. The van der Waals surface area contributed by atoms with Crippen molar-refractivity contribution in [1.29, 1.82) is 10.5 Å². The van der Waals surface area contributed by atoms with Gasteiger partial charge in [-0.05, 0) is 0 Å². The predicted molar refractivity (Wildman–Crippen MR) is 48.1 cm³/mol. The van der Waals surface area contributed by atoms with Crippen LogP contribution in [0.25, 0.3) is 0 Å². The van der Waals surface area contributed by atoms with Gasteiger partial charge in [0.05, 0.1) is 51.4 Å². The van der Waals surface area contributed by atoms with Gasteiger partial charge in [0.1, 0.15) is 6.10 Å². The fourth-order valence-electron chi connectivity index (χ4n) is 0.757. The fraction of sp³-hybridized carbons (Fsp3) is 0.778. The molecule has 0 saturated carbocycles. The summed E-state index contributed by atoms with van der Waals surface area (Å²) in [5.74, 6) is 0. The minimum atomic E-state index is -0.401. The second-order valence-electron chi connectivity index (χ2n) is 2.57. The molecule has 0 aliphatic rings. The Labute approximate surface area is 83.5 Å². The van der Waals surface area contributed by atoms with E-state index in [1.165, 1.54) is 0 Å². The second kappa shape index (κ2) is 9.94. The van der Waals surface area contributed by atoms with Gasteiger partial charge in [-0.2, -0.15) is 10.5 Å². The molecule has 14 heavy (non-hydrogen) atoms. The molecule has 0 radical (unpaired) electrons. The Kier molecular flexibility index (Phi) is 9.13. The van der Waals surface area contributed by atoms with Crippen LogP contribution in [0.3, 0.4) is 0 Å². The summed E-state index contributed by atoms with van der Waals surface area (Å²) in [6, 6.07) is 3.87. The monoisotopic (exact) mass is 198 g/mol. The van der Waals surface area contributed by atoms with Gasteiger partial charge in [0.15, 0.2) is 0 Å². The lowest BCUT2D eigenvalue weighted by molar-refractivity contribution is -0.0395. The molecule has 5 nitrogen and oxygen atoms in total. The van der Waals surface area contributed by atoms with Gasteiger partial charge in [0.25, 0.3) is 0 Å². The third-order valence-electron chi connectivity index (χ3n) is 1.43. The van der Waals surface area contributed by atoms with E-state index in [1.807, 2.05) is 12.1 Å². The number of aliphatic hydroxyl groups is 1. The molecule has 0 aliphatic heterocycles. The summed E-state index contributed by atoms with van der Waals surface area (Å²) in [5.41, 5.74) is 0. The lowest BCUT2D eigenvalue weighted by atomic mass is 10.4. The van der Waals surface area contributed by atoms with Crippen molar-refractivity contribution in [3.63, 3.8) is 0 Å². The van der Waals surface area contributed by atoms with Crippen LogP contribution in [-0.2, 0) is 9.47 Å². The summed E-state index contributed by atoms with van der Waals surface area (Å²) in [4.78, 5) is 0. The zero-order valence-corrected chi connectivity index (χ0v) is 7.98. The summed E-state index contributed by atoms with van der Waals surface area (Å²) in [7, 11) is 0. The van der Waals surface area contributed by atoms with Crippen molar-refractivity contribution in [3.8, 4) is 12.1 Å². The van der Waals surface area contributed by atoms with Crippen LogP contribution in [0, 0.1) is 22.7 Å². The molecule has 0 aromatic heterocycles. The van der Waals surface area contributed by atoms with Crippen molar-refractivity contribution < 1.29 is 14.6 Å². The zero-order chi connectivity index (χ0) is 10.6. The normalized spacial score (nSPS) is 11.6. The standard InChI is InChI=1S/C9H14N2O3/c10-3-1-5-13-8-9(7-12)14-6-2-4-11/h9,12H,1-2,5-8H2. The minimum Gasteiger partial charge on any atom is -0.394 e. The van der Waals surface area contributed by atoms with E-state index in [4.69, 9.17) is 25.1 Å². The van der Waals surface area contributed by atoms with E-state index >= 15 is 0 Å². The fourth-order valence-corrected chi connectivity index (χ4v) is 0.757. The van der Waals surface area contributed by atoms with Crippen LogP contribution in [0.1, 0.15) is 12.8 Å². The molecule has 0 spiro atoms. The van der Waals surface area contributed by atoms with Crippen molar-refractivity contribution in [1.82, 2.24) is 0 Å². The summed E-state index contributed by atoms with van der Waals surface area (Å²) < 4.78 is 10.2. The van der Waals surface area contributed by atoms with E-state index in [9.17, 15) is 0 Å². The van der Waals surface area contributed by atoms with Crippen LogP contribution in [0.2, 0.25) is 0 Å². The maximum Gasteiger partial charge on any atom is 0.104 e. The topological polar surface area (TPSA) is 86.3 Å². The van der Waals surface area contributed by atoms with E-state index < -0.39 is 6.10 Å². The van der Waals surface area contributed by atoms with E-state index in [-0.39, 0.29) is 13.2 Å². The molecule has 0 aromatic rings. The van der Waals surface area contributed by atoms with Gasteiger partial charge in [0, 0.05) is 0 Å². The molecule has 0 heterocycles. The molecule has 0 rings (SSSR count). The van der Waals surface area contributed by atoms with E-state index in [0.29, 0.717) is 26.1 Å². The maximum atomic E-state index is 8.83. The minimum absolute atomic E-state index is 0.141. The average Bonchev–Trinajstić information content (AvgIpc) is 2.22. The molecular weight excluding hydrogens is 184 g/mol. The average molecular weight is 198 g/mol. The van der Waals surface area contributed by atoms with Crippen LogP contribution in [0.5, 0.6) is 0 Å². The molecule has 78 valence electrons. The highest BCUT2D eigenvalue weighted by atomic mass is 16.5. The molecule has 5 heteroatoms. The highest BCUT2D eigenvalue weighted by molar-refractivity contribution is 4.69. The second-order valence-corrected chi connectivity index (χ2v) is 2.57. The molecule has 1 N–H and O–H groups in total. The van der Waals surface area contributed by atoms with Crippen LogP contribution >= 0.6 is 0 Å². The molecule has 1 unspecified atom stereocenters. The number of hydrogen-bond acceptors (Lipinski definition) is 5. The number of nitrogens with zero attached hydrogens (tertiary/aromatic N) is 2. The van der Waals surface area contributed by atoms with Gasteiger partial charge in [-0.25, -0.2) is 0 Å². The summed E-state index contributed by atoms with van der Waals surface area (Å²) >= 11 is 0. The van der Waals surface area contributed by atoms with E-state index in [1.54, 1.807) is 0 Å². The first-order chi connectivity index (χ1) is 6.85. The molecule has 0 aliphatic carbocycles. The molecule has 0 saturated heterocycles. The third kappa shape index (κ3) is 7.51. The first-order valence-corrected chi connectivity index (χ1v) is 4.39. The summed E-state index contributed by atoms with van der Waals surface area (Å²) in [5, 5.41) is 25.3. The van der Waals surface area contributed by atoms with Crippen LogP contribution in [0.15, 0.2) is 0 Å². The van der Waals surface area contributed by atoms with Crippen molar-refractivity contribution in [2.45, 2.75) is 18.9 Å². The Hall–Kier alpha value is -1.14. The maximum absolute atomic E-state index is 8.83. The van der Waals surface area contributed by atoms with Gasteiger partial charge >= 0.3 is 0 Å². The highest BCUT2D eigenvalue weighted by Gasteiger charge is 2.06. The highest BCUT2D eigenvalue weighted by Crippen LogP contribution is 1.94. The Morgan fingerprint density at radius 1 is 1.14 bits per heavy atom. The van der Waals surface area contributed by atoms with Gasteiger partial charge in [-0.15, -0.1) is 0 Å².